The van der Waals surface area contributed by atoms with Crippen molar-refractivity contribution in [1.82, 2.24) is 14.9 Å². The van der Waals surface area contributed by atoms with Crippen molar-refractivity contribution in [3.63, 3.8) is 0 Å². The number of nitrogens with zero attached hydrogens (tertiary/aromatic N) is 2. The Balaban J connectivity index is 2.14. The van der Waals surface area contributed by atoms with Crippen molar-refractivity contribution < 1.29 is 19.8 Å². The Morgan fingerprint density at radius 3 is 2.58 bits per heavy atom. The fraction of sp³-hybridized carbons (Fsp3) is 0.667. The van der Waals surface area contributed by atoms with E-state index in [2.05, 4.69) is 9.97 Å². The summed E-state index contributed by atoms with van der Waals surface area (Å²) in [6.45, 7) is 5.65. The molecular weight excluding hydrogens is 338 g/mol. The molecule has 1 aliphatic rings. The van der Waals surface area contributed by atoms with E-state index in [1.165, 1.54) is 4.90 Å². The number of β-amino-alcohol motifs (C(OH)–C–C–N with tert-alkyl or cyclic N) is 1. The number of likely N-dealkylation sites (tertiary alicyclic amines) is 1. The quantitative estimate of drug-likeness (QED) is 0.680. The lowest BCUT2D eigenvalue weighted by Gasteiger charge is -2.42. The van der Waals surface area contributed by atoms with E-state index in [1.807, 2.05) is 13.8 Å². The minimum atomic E-state index is -1.21. The number of aliphatic hydroxyl groups excluding tert-OH is 1. The lowest BCUT2D eigenvalue weighted by atomic mass is 9.72. The first kappa shape index (κ1) is 20.1. The van der Waals surface area contributed by atoms with E-state index in [1.54, 1.807) is 6.92 Å². The van der Waals surface area contributed by atoms with E-state index in [-0.39, 0.29) is 37.4 Å². The Bertz CT molecular complexity index is 745. The minimum absolute atomic E-state index is 0.0391. The summed E-state index contributed by atoms with van der Waals surface area (Å²) in [6.07, 6.45) is 0.563. The SMILES string of the molecule is CCC[C@]1(C(=O)O)CCN(C(=O)Cc2c(C)nc(CC)[nH]c2=O)C[C@@H]1O. The van der Waals surface area contributed by atoms with Crippen molar-refractivity contribution in [3.8, 4) is 0 Å². The molecule has 1 amide bonds. The number of carbonyl (C=O) groups excluding carboxylic acids is 1. The maximum absolute atomic E-state index is 12.6. The number of aliphatic carboxylic acids is 1. The molecule has 2 rings (SSSR count). The molecule has 0 spiro atoms. The van der Waals surface area contributed by atoms with Crippen LogP contribution in [0.1, 0.15) is 50.2 Å². The number of hydrogen-bond acceptors (Lipinski definition) is 5. The van der Waals surface area contributed by atoms with E-state index in [0.29, 0.717) is 36.3 Å². The number of rotatable bonds is 6. The van der Waals surface area contributed by atoms with Gasteiger partial charge in [-0.2, -0.15) is 0 Å². The first-order valence-corrected chi connectivity index (χ1v) is 9.03. The molecule has 8 heteroatoms. The van der Waals surface area contributed by atoms with Crippen LogP contribution in [0.15, 0.2) is 4.79 Å². The molecule has 0 saturated carbocycles. The summed E-state index contributed by atoms with van der Waals surface area (Å²) in [5, 5.41) is 20.0. The Hall–Kier alpha value is -2.22. The van der Waals surface area contributed by atoms with E-state index in [0.717, 1.165) is 0 Å². The average molecular weight is 365 g/mol. The van der Waals surface area contributed by atoms with Crippen LogP contribution in [-0.2, 0) is 22.4 Å². The van der Waals surface area contributed by atoms with Crippen LogP contribution in [0, 0.1) is 12.3 Å². The highest BCUT2D eigenvalue weighted by molar-refractivity contribution is 5.80. The number of H-pyrrole nitrogens is 1. The van der Waals surface area contributed by atoms with Crippen LogP contribution >= 0.6 is 0 Å². The molecule has 0 aliphatic carbocycles. The zero-order valence-corrected chi connectivity index (χ0v) is 15.5. The molecule has 2 atom stereocenters. The number of amides is 1. The third kappa shape index (κ3) is 3.80. The van der Waals surface area contributed by atoms with Crippen LogP contribution in [0.25, 0.3) is 0 Å². The number of aromatic amines is 1. The highest BCUT2D eigenvalue weighted by atomic mass is 16.4. The molecule has 0 unspecified atom stereocenters. The van der Waals surface area contributed by atoms with Crippen molar-refractivity contribution in [2.24, 2.45) is 5.41 Å². The number of aliphatic hydroxyl groups is 1. The highest BCUT2D eigenvalue weighted by Gasteiger charge is 2.48. The third-order valence-electron chi connectivity index (χ3n) is 5.27. The molecule has 1 aliphatic heterocycles. The summed E-state index contributed by atoms with van der Waals surface area (Å²) >= 11 is 0. The smallest absolute Gasteiger partial charge is 0.312 e. The molecule has 144 valence electrons. The number of aryl methyl sites for hydroxylation is 2. The Labute approximate surface area is 152 Å². The van der Waals surface area contributed by atoms with Crippen LogP contribution in [0.3, 0.4) is 0 Å². The molecule has 0 bridgehead atoms. The second-order valence-electron chi connectivity index (χ2n) is 6.92. The van der Waals surface area contributed by atoms with Gasteiger partial charge in [-0.25, -0.2) is 4.98 Å². The van der Waals surface area contributed by atoms with Gasteiger partial charge in [0.1, 0.15) is 5.82 Å². The fourth-order valence-electron chi connectivity index (χ4n) is 3.60. The predicted octanol–water partition coefficient (Wildman–Crippen LogP) is 0.648. The number of carboxylic acids is 1. The first-order valence-electron chi connectivity index (χ1n) is 9.03. The molecule has 26 heavy (non-hydrogen) atoms. The van der Waals surface area contributed by atoms with Gasteiger partial charge in [-0.1, -0.05) is 20.3 Å². The highest BCUT2D eigenvalue weighted by Crippen LogP contribution is 2.37. The second-order valence-corrected chi connectivity index (χ2v) is 6.92. The van der Waals surface area contributed by atoms with Crippen LogP contribution in [0.5, 0.6) is 0 Å². The largest absolute Gasteiger partial charge is 0.481 e. The van der Waals surface area contributed by atoms with Gasteiger partial charge in [0, 0.05) is 30.8 Å². The van der Waals surface area contributed by atoms with Crippen molar-refractivity contribution in [3.05, 3.63) is 27.4 Å². The average Bonchev–Trinajstić information content (AvgIpc) is 2.59. The number of hydrogen-bond donors (Lipinski definition) is 3. The minimum Gasteiger partial charge on any atom is -0.481 e. The van der Waals surface area contributed by atoms with E-state index < -0.39 is 17.5 Å². The van der Waals surface area contributed by atoms with Crippen LogP contribution < -0.4 is 5.56 Å². The number of carboxylic acid groups (broad SMARTS) is 1. The summed E-state index contributed by atoms with van der Waals surface area (Å²) in [4.78, 5) is 44.8. The van der Waals surface area contributed by atoms with Gasteiger partial charge in [0.15, 0.2) is 0 Å². The van der Waals surface area contributed by atoms with Crippen molar-refractivity contribution >= 4 is 11.9 Å². The van der Waals surface area contributed by atoms with Crippen LogP contribution in [0.2, 0.25) is 0 Å². The number of carbonyl (C=O) groups is 2. The normalized spacial score (nSPS) is 23.1. The molecular formula is C18H27N3O5. The maximum atomic E-state index is 12.6. The molecule has 0 aromatic carbocycles. The van der Waals surface area contributed by atoms with Gasteiger partial charge in [-0.05, 0) is 19.8 Å². The Morgan fingerprint density at radius 2 is 2.08 bits per heavy atom. The van der Waals surface area contributed by atoms with Gasteiger partial charge in [0.2, 0.25) is 5.91 Å². The summed E-state index contributed by atoms with van der Waals surface area (Å²) in [5.74, 6) is -0.757. The molecule has 1 fully saturated rings. The topological polar surface area (TPSA) is 124 Å². The molecule has 1 saturated heterocycles. The van der Waals surface area contributed by atoms with Crippen LogP contribution in [0.4, 0.5) is 0 Å². The lowest BCUT2D eigenvalue weighted by Crippen LogP contribution is -2.56. The van der Waals surface area contributed by atoms with Gasteiger partial charge in [0.25, 0.3) is 5.56 Å². The zero-order valence-electron chi connectivity index (χ0n) is 15.5. The van der Waals surface area contributed by atoms with Crippen molar-refractivity contribution in [2.75, 3.05) is 13.1 Å². The van der Waals surface area contributed by atoms with E-state index in [4.69, 9.17) is 0 Å². The van der Waals surface area contributed by atoms with Crippen LogP contribution in [-0.4, -0.2) is 56.2 Å². The fourth-order valence-corrected chi connectivity index (χ4v) is 3.60. The van der Waals surface area contributed by atoms with Gasteiger partial charge in [-0.15, -0.1) is 0 Å². The van der Waals surface area contributed by atoms with Crippen molar-refractivity contribution in [1.29, 1.82) is 0 Å². The van der Waals surface area contributed by atoms with Crippen molar-refractivity contribution in [2.45, 2.75) is 59.0 Å². The van der Waals surface area contributed by atoms with Gasteiger partial charge in [-0.3, -0.25) is 14.4 Å². The second kappa shape index (κ2) is 7.99. The van der Waals surface area contributed by atoms with Gasteiger partial charge >= 0.3 is 5.97 Å². The maximum Gasteiger partial charge on any atom is 0.312 e. The Kier molecular flexibility index (Phi) is 6.17. The molecule has 2 heterocycles. The summed E-state index contributed by atoms with van der Waals surface area (Å²) in [6, 6.07) is 0. The number of aromatic nitrogens is 2. The molecule has 0 radical (unpaired) electrons. The lowest BCUT2D eigenvalue weighted by molar-refractivity contribution is -0.167. The molecule has 3 N–H and O–H groups in total. The number of piperidine rings is 1. The monoisotopic (exact) mass is 365 g/mol. The molecule has 8 nitrogen and oxygen atoms in total. The summed E-state index contributed by atoms with van der Waals surface area (Å²) in [7, 11) is 0. The van der Waals surface area contributed by atoms with E-state index >= 15 is 0 Å². The standard InChI is InChI=1S/C18H27N3O5/c1-4-6-18(17(25)26)7-8-21(10-13(18)22)15(23)9-12-11(3)19-14(5-2)20-16(12)24/h13,22H,4-10H2,1-3H3,(H,25,26)(H,19,20,24)/t13-,18-/m0/s1. The third-order valence-corrected chi connectivity index (χ3v) is 5.27. The zero-order chi connectivity index (χ0) is 19.5. The van der Waals surface area contributed by atoms with E-state index in [9.17, 15) is 24.6 Å². The predicted molar refractivity (Wildman–Crippen MR) is 94.9 cm³/mol. The molecule has 1 aromatic heterocycles. The van der Waals surface area contributed by atoms with Gasteiger partial charge in [0.05, 0.1) is 17.9 Å². The molecule has 1 aromatic rings. The van der Waals surface area contributed by atoms with Gasteiger partial charge < -0.3 is 20.1 Å². The first-order chi connectivity index (χ1) is 12.2. The summed E-state index contributed by atoms with van der Waals surface area (Å²) in [5.41, 5.74) is -0.706. The Morgan fingerprint density at radius 1 is 1.38 bits per heavy atom. The summed E-state index contributed by atoms with van der Waals surface area (Å²) < 4.78 is 0. The number of nitrogens with one attached hydrogen (secondary N) is 1.